The molecule has 0 unspecified atom stereocenters. The summed E-state index contributed by atoms with van der Waals surface area (Å²) in [5, 5.41) is 0. The normalized spacial score (nSPS) is 0.750. The maximum absolute atomic E-state index is 8.42. The van der Waals surface area contributed by atoms with Gasteiger partial charge in [-0.3, -0.25) is 0 Å². The molecule has 4 heteroatoms. The summed E-state index contributed by atoms with van der Waals surface area (Å²) in [4.78, 5) is 0. The second kappa shape index (κ2) is 19.0. The van der Waals surface area contributed by atoms with Crippen molar-refractivity contribution in [3.63, 3.8) is 0 Å². The Morgan fingerprint density at radius 2 is 1.25 bits per heavy atom. The maximum atomic E-state index is 8.42. The molecule has 24 valence electrons. The van der Waals surface area contributed by atoms with Crippen LogP contribution in [-0.2, 0) is 2.85 Å². The van der Waals surface area contributed by atoms with Crippen LogP contribution in [0.1, 0.15) is 0 Å². The molecule has 0 saturated heterocycles. The van der Waals surface area contributed by atoms with Crippen molar-refractivity contribution in [1.29, 1.82) is 0 Å². The van der Waals surface area contributed by atoms with E-state index in [0.717, 1.165) is 0 Å². The van der Waals surface area contributed by atoms with Crippen LogP contribution in [0.15, 0.2) is 0 Å². The molecule has 0 radical (unpaired) electrons. The van der Waals surface area contributed by atoms with Crippen LogP contribution in [0.3, 0.4) is 0 Å². The first-order valence-corrected chi connectivity index (χ1v) is 1.94. The van der Waals surface area contributed by atoms with Gasteiger partial charge in [-0.1, -0.05) is 0 Å². The van der Waals surface area contributed by atoms with Gasteiger partial charge in [0.05, 0.1) is 0 Å². The van der Waals surface area contributed by atoms with Crippen molar-refractivity contribution in [3.05, 3.63) is 0 Å². The first-order chi connectivity index (χ1) is 1.00. The summed E-state index contributed by atoms with van der Waals surface area (Å²) in [7, 11) is 0. The fourth-order valence-corrected chi connectivity index (χ4v) is 0. The SMILES string of the molecule is [BiH3].[GaH3].[O]=[InH]. The molecule has 0 aliphatic heterocycles. The third-order valence-electron chi connectivity index (χ3n) is 0. The van der Waals surface area contributed by atoms with E-state index in [-0.39, 0.29) is 70.4 Å². The molecule has 0 fully saturated rings. The molecular formula is H7BiGaInO. The Morgan fingerprint density at radius 3 is 1.25 bits per heavy atom. The number of hydrogen-bond donors (Lipinski definition) is 0. The van der Waals surface area contributed by atoms with Crippen LogP contribution in [0.2, 0.25) is 0 Å². The van der Waals surface area contributed by atoms with Crippen LogP contribution in [0.5, 0.6) is 0 Å². The topological polar surface area (TPSA) is 17.1 Å². The fourth-order valence-electron chi connectivity index (χ4n) is 0. The molecule has 0 bridgehead atoms. The van der Waals surface area contributed by atoms with E-state index >= 15 is 0 Å². The van der Waals surface area contributed by atoms with E-state index in [1.54, 1.807) is 0 Å². The molecule has 0 N–H and O–H groups in total. The molecule has 0 aliphatic carbocycles. The van der Waals surface area contributed by atoms with Gasteiger partial charge in [0.15, 0.2) is 0 Å². The van der Waals surface area contributed by atoms with Crippen molar-refractivity contribution < 1.29 is 2.85 Å². The van der Waals surface area contributed by atoms with Crippen LogP contribution >= 0.6 is 0 Å². The minimum absolute atomic E-state index is 0. The van der Waals surface area contributed by atoms with E-state index in [2.05, 4.69) is 0 Å². The predicted octanol–water partition coefficient (Wildman–Crippen LogP) is -3.14. The van der Waals surface area contributed by atoms with Gasteiger partial charge in [-0.05, 0) is 0 Å². The molecule has 0 saturated carbocycles. The van der Waals surface area contributed by atoms with E-state index in [0.29, 0.717) is 0 Å². The molecule has 0 atom stereocenters. The molecule has 0 aromatic carbocycles. The Morgan fingerprint density at radius 1 is 1.25 bits per heavy atom. The Balaban J connectivity index is -0.00000000500. The van der Waals surface area contributed by atoms with Gasteiger partial charge in [0.1, 0.15) is 0 Å². The van der Waals surface area contributed by atoms with Crippen molar-refractivity contribution >= 4 is 70.4 Å². The molecule has 0 heterocycles. The van der Waals surface area contributed by atoms with E-state index < -0.39 is 0 Å². The van der Waals surface area contributed by atoms with Crippen molar-refractivity contribution in [2.24, 2.45) is 0 Å². The van der Waals surface area contributed by atoms with Crippen LogP contribution in [-0.4, -0.2) is 70.4 Å². The van der Waals surface area contributed by atoms with E-state index in [1.165, 1.54) is 0 Å². The summed E-state index contributed by atoms with van der Waals surface area (Å²) in [6, 6.07) is 0. The van der Waals surface area contributed by atoms with Gasteiger partial charge >= 0.3 is 73.2 Å². The van der Waals surface area contributed by atoms with Crippen LogP contribution in [0.25, 0.3) is 0 Å². The molecule has 0 rings (SSSR count). The second-order valence-corrected chi connectivity index (χ2v) is 0. The first-order valence-electron chi connectivity index (χ1n) is 0.289. The fraction of sp³-hybridized carbons (Fsp3) is 0. The molecule has 0 aromatic rings. The van der Waals surface area contributed by atoms with Crippen LogP contribution in [0.4, 0.5) is 0 Å². The zero-order valence-electron chi connectivity index (χ0n) is 1.82. The van der Waals surface area contributed by atoms with Crippen molar-refractivity contribution in [3.8, 4) is 0 Å². The third kappa shape index (κ3) is 8.89. The van der Waals surface area contributed by atoms with Gasteiger partial charge in [0.25, 0.3) is 0 Å². The van der Waals surface area contributed by atoms with Crippen LogP contribution < -0.4 is 0 Å². The summed E-state index contributed by atoms with van der Waals surface area (Å²) in [6.07, 6.45) is 0. The molecule has 0 aromatic heterocycles. The zero-order chi connectivity index (χ0) is 2.00. The Kier molecular flexibility index (Phi) is 77.8. The molecule has 0 spiro atoms. The predicted molar refractivity (Wildman–Crippen MR) is 27.7 cm³/mol. The average molecular weight is 417 g/mol. The monoisotopic (exact) mass is 416 g/mol. The number of hydrogen-bond acceptors (Lipinski definition) is 1. The van der Waals surface area contributed by atoms with E-state index in [9.17, 15) is 0 Å². The summed E-state index contributed by atoms with van der Waals surface area (Å²) in [5.74, 6) is 0. The third-order valence-corrected chi connectivity index (χ3v) is 0. The van der Waals surface area contributed by atoms with Gasteiger partial charge < -0.3 is 0 Å². The quantitative estimate of drug-likeness (QED) is 0.382. The van der Waals surface area contributed by atoms with Gasteiger partial charge in [-0.15, -0.1) is 0 Å². The number of rotatable bonds is 0. The van der Waals surface area contributed by atoms with E-state index in [4.69, 9.17) is 2.85 Å². The Hall–Kier alpha value is 2.19. The van der Waals surface area contributed by atoms with E-state index in [1.807, 2.05) is 0 Å². The van der Waals surface area contributed by atoms with Crippen molar-refractivity contribution in [1.82, 2.24) is 0 Å². The summed E-state index contributed by atoms with van der Waals surface area (Å²) in [6.45, 7) is 0. The summed E-state index contributed by atoms with van der Waals surface area (Å²) < 4.78 is 8.42. The molecule has 0 aliphatic rings. The standard InChI is InChI=1S/Bi.Ga.In.O.7H. The van der Waals surface area contributed by atoms with Crippen LogP contribution in [0, 0.1) is 0 Å². The van der Waals surface area contributed by atoms with Crippen molar-refractivity contribution in [2.75, 3.05) is 0 Å². The van der Waals surface area contributed by atoms with Gasteiger partial charge in [0, 0.05) is 0 Å². The van der Waals surface area contributed by atoms with Gasteiger partial charge in [-0.25, -0.2) is 0 Å². The molecule has 4 heavy (non-hydrogen) atoms. The first kappa shape index (κ1) is 16.4. The zero-order valence-corrected chi connectivity index (χ0v) is 11.4. The molecular weight excluding hydrogens is 410 g/mol. The Bertz CT molecular complexity index is 8.00. The van der Waals surface area contributed by atoms with Crippen molar-refractivity contribution in [2.45, 2.75) is 0 Å². The molecule has 0 amide bonds. The summed E-state index contributed by atoms with van der Waals surface area (Å²) in [5.41, 5.74) is 0. The Labute approximate surface area is 72.1 Å². The summed E-state index contributed by atoms with van der Waals surface area (Å²) >= 11 is -0.1000. The second-order valence-electron chi connectivity index (χ2n) is 0. The average Bonchev–Trinajstić information content (AvgIpc) is 1.00. The van der Waals surface area contributed by atoms with Gasteiger partial charge in [-0.2, -0.15) is 0 Å². The van der Waals surface area contributed by atoms with Gasteiger partial charge in [0.2, 0.25) is 0 Å². The minimum atomic E-state index is -0.1000. The molecule has 1 nitrogen and oxygen atoms in total.